The Labute approximate surface area is 357 Å². The van der Waals surface area contributed by atoms with Gasteiger partial charge >= 0.3 is 0 Å². The quantitative estimate of drug-likeness (QED) is 0.252. The van der Waals surface area contributed by atoms with Crippen LogP contribution in [0.5, 0.6) is 0 Å². The third kappa shape index (κ3) is 8.52. The van der Waals surface area contributed by atoms with Gasteiger partial charge in [-0.05, 0) is 161 Å². The summed E-state index contributed by atoms with van der Waals surface area (Å²) in [4.78, 5) is 84.0. The highest BCUT2D eigenvalue weighted by atomic mass is 16.5. The molecule has 332 valence electrons. The van der Waals surface area contributed by atoms with Gasteiger partial charge in [-0.1, -0.05) is 12.8 Å². The number of ketones is 1. The van der Waals surface area contributed by atoms with Crippen molar-refractivity contribution in [3.05, 3.63) is 0 Å². The second-order valence-corrected chi connectivity index (χ2v) is 21.0. The van der Waals surface area contributed by atoms with Gasteiger partial charge in [0.2, 0.25) is 29.5 Å². The number of nitrogens with zero attached hydrogens (tertiary/aromatic N) is 2. The molecule has 0 aromatic rings. The molecule has 2 aliphatic heterocycles. The van der Waals surface area contributed by atoms with Gasteiger partial charge in [0.25, 0.3) is 0 Å². The number of hydrogen-bond acceptors (Lipinski definition) is 9. The molecule has 2 heterocycles. The fourth-order valence-corrected chi connectivity index (χ4v) is 14.2. The van der Waals surface area contributed by atoms with Gasteiger partial charge in [-0.3, -0.25) is 38.6 Å². The number of Topliss-reactive ketones (excluding diaryl/α,β-unsaturated/α-hetero) is 1. The Kier molecular flexibility index (Phi) is 12.9. The molecule has 12 unspecified atom stereocenters. The van der Waals surface area contributed by atoms with Gasteiger partial charge in [0.05, 0.1) is 48.1 Å². The molecule has 60 heavy (non-hydrogen) atoms. The summed E-state index contributed by atoms with van der Waals surface area (Å²) in [5.41, 5.74) is 0. The molecule has 2 saturated heterocycles. The second kappa shape index (κ2) is 18.2. The highest BCUT2D eigenvalue weighted by molar-refractivity contribution is 6.07. The molecule has 12 heteroatoms. The Hall–Kier alpha value is -2.70. The van der Waals surface area contributed by atoms with Crippen molar-refractivity contribution in [2.75, 3.05) is 7.05 Å². The van der Waals surface area contributed by atoms with Crippen molar-refractivity contribution in [3.8, 4) is 0 Å². The predicted octanol–water partition coefficient (Wildman–Crippen LogP) is 6.02. The molecule has 9 aliphatic rings. The van der Waals surface area contributed by atoms with Crippen molar-refractivity contribution in [1.29, 1.82) is 0 Å². The summed E-state index contributed by atoms with van der Waals surface area (Å²) < 4.78 is 13.8. The van der Waals surface area contributed by atoms with Gasteiger partial charge in [0, 0.05) is 42.4 Å². The molecule has 0 bridgehead atoms. The number of carbonyl (C=O) groups is 6. The summed E-state index contributed by atoms with van der Waals surface area (Å²) in [7, 11) is 2.07. The minimum absolute atomic E-state index is 0.00912. The van der Waals surface area contributed by atoms with E-state index < -0.39 is 17.8 Å². The molecular formula is C48H72N4O8. The van der Waals surface area contributed by atoms with E-state index >= 15 is 0 Å². The van der Waals surface area contributed by atoms with Crippen LogP contribution in [0.15, 0.2) is 0 Å². The first-order valence-corrected chi connectivity index (χ1v) is 24.6. The smallest absolute Gasteiger partial charge is 0.233 e. The van der Waals surface area contributed by atoms with Gasteiger partial charge in [-0.15, -0.1) is 0 Å². The maximum Gasteiger partial charge on any atom is 0.233 e. The van der Waals surface area contributed by atoms with Gasteiger partial charge < -0.3 is 20.1 Å². The largest absolute Gasteiger partial charge is 0.375 e. The van der Waals surface area contributed by atoms with Crippen LogP contribution in [0.2, 0.25) is 0 Å². The lowest BCUT2D eigenvalue weighted by Gasteiger charge is -2.46. The molecule has 0 radical (unpaired) electrons. The van der Waals surface area contributed by atoms with Crippen LogP contribution in [-0.2, 0) is 38.2 Å². The molecule has 9 rings (SSSR count). The van der Waals surface area contributed by atoms with E-state index in [-0.39, 0.29) is 83.4 Å². The maximum atomic E-state index is 14.1. The van der Waals surface area contributed by atoms with Crippen molar-refractivity contribution >= 4 is 35.3 Å². The van der Waals surface area contributed by atoms with Gasteiger partial charge in [0.1, 0.15) is 5.78 Å². The summed E-state index contributed by atoms with van der Waals surface area (Å²) in [6, 6.07) is 0.0209. The molecule has 7 saturated carbocycles. The molecule has 9 fully saturated rings. The molecule has 2 N–H and O–H groups in total. The highest BCUT2D eigenvalue weighted by Crippen LogP contribution is 2.47. The Morgan fingerprint density at radius 2 is 1.07 bits per heavy atom. The summed E-state index contributed by atoms with van der Waals surface area (Å²) in [5.74, 6) is -1.39. The van der Waals surface area contributed by atoms with Crippen LogP contribution in [0.3, 0.4) is 0 Å². The average molecular weight is 833 g/mol. The molecule has 7 aliphatic carbocycles. The molecule has 0 aromatic carbocycles. The van der Waals surface area contributed by atoms with Crippen molar-refractivity contribution in [3.63, 3.8) is 0 Å². The van der Waals surface area contributed by atoms with E-state index in [2.05, 4.69) is 17.7 Å². The van der Waals surface area contributed by atoms with E-state index in [0.29, 0.717) is 87.9 Å². The molecular weight excluding hydrogens is 761 g/mol. The van der Waals surface area contributed by atoms with Crippen LogP contribution in [0.1, 0.15) is 161 Å². The van der Waals surface area contributed by atoms with Crippen molar-refractivity contribution in [2.24, 2.45) is 47.3 Å². The van der Waals surface area contributed by atoms with Crippen molar-refractivity contribution in [1.82, 2.24) is 20.4 Å². The molecule has 0 spiro atoms. The lowest BCUT2D eigenvalue weighted by molar-refractivity contribution is -0.149. The van der Waals surface area contributed by atoms with Crippen molar-refractivity contribution < 1.29 is 38.2 Å². The number of amides is 5. The lowest BCUT2D eigenvalue weighted by atomic mass is 9.68. The lowest BCUT2D eigenvalue weighted by Crippen LogP contribution is -2.50. The van der Waals surface area contributed by atoms with Crippen LogP contribution in [0.25, 0.3) is 0 Å². The molecule has 5 amide bonds. The third-order valence-corrected chi connectivity index (χ3v) is 17.6. The van der Waals surface area contributed by atoms with Gasteiger partial charge in [-0.2, -0.15) is 0 Å². The summed E-state index contributed by atoms with van der Waals surface area (Å²) >= 11 is 0. The predicted molar refractivity (Wildman–Crippen MR) is 223 cm³/mol. The van der Waals surface area contributed by atoms with Gasteiger partial charge in [-0.25, -0.2) is 0 Å². The first-order chi connectivity index (χ1) is 29.1. The monoisotopic (exact) mass is 833 g/mol. The first kappa shape index (κ1) is 42.6. The number of fused-ring (bicyclic) bond motifs is 3. The van der Waals surface area contributed by atoms with Crippen LogP contribution >= 0.6 is 0 Å². The fraction of sp³-hybridized carbons (Fsp3) is 0.875. The zero-order chi connectivity index (χ0) is 41.7. The summed E-state index contributed by atoms with van der Waals surface area (Å²) in [6.45, 7) is 1.57. The van der Waals surface area contributed by atoms with E-state index in [4.69, 9.17) is 9.47 Å². The number of rotatable bonds is 10. The Morgan fingerprint density at radius 1 is 0.517 bits per heavy atom. The zero-order valence-corrected chi connectivity index (χ0v) is 36.4. The van der Waals surface area contributed by atoms with E-state index in [0.717, 1.165) is 51.4 Å². The Morgan fingerprint density at radius 3 is 1.68 bits per heavy atom. The SMILES string of the molecule is CNC1CCC(OC2CC3CCCCC3C(OC3CCC(NC(=O)C4CCC5C(=O)N(C6CCCC(N7C(=O)C8CCC(C(C)=O)CC8C7=O)C6)C(=O)C5C4)CC3)C2)CC1. The first-order valence-electron chi connectivity index (χ1n) is 24.6. The number of carbonyl (C=O) groups excluding carboxylic acids is 6. The van der Waals surface area contributed by atoms with Crippen LogP contribution in [-0.4, -0.2) is 101 Å². The van der Waals surface area contributed by atoms with Crippen LogP contribution in [0, 0.1) is 47.3 Å². The molecule has 12 atom stereocenters. The zero-order valence-electron chi connectivity index (χ0n) is 36.4. The summed E-state index contributed by atoms with van der Waals surface area (Å²) in [6.07, 6.45) is 22.5. The minimum Gasteiger partial charge on any atom is -0.375 e. The highest BCUT2D eigenvalue weighted by Gasteiger charge is 2.56. The number of imide groups is 2. The second-order valence-electron chi connectivity index (χ2n) is 21.0. The van der Waals surface area contributed by atoms with E-state index in [1.807, 2.05) is 0 Å². The van der Waals surface area contributed by atoms with E-state index in [1.54, 1.807) is 6.92 Å². The third-order valence-electron chi connectivity index (χ3n) is 17.6. The molecule has 0 aromatic heterocycles. The summed E-state index contributed by atoms with van der Waals surface area (Å²) in [5, 5.41) is 6.80. The average Bonchev–Trinajstić information content (AvgIpc) is 3.67. The Balaban J connectivity index is 0.748. The molecule has 12 nitrogen and oxygen atoms in total. The Bertz CT molecular complexity index is 1640. The number of hydrogen-bond donors (Lipinski definition) is 2. The van der Waals surface area contributed by atoms with Crippen molar-refractivity contribution in [2.45, 2.75) is 210 Å². The number of likely N-dealkylation sites (tertiary alicyclic amines) is 2. The van der Waals surface area contributed by atoms with E-state index in [9.17, 15) is 28.8 Å². The fourth-order valence-electron chi connectivity index (χ4n) is 14.2. The van der Waals surface area contributed by atoms with E-state index in [1.165, 1.54) is 54.7 Å². The minimum atomic E-state index is -0.497. The number of nitrogens with one attached hydrogen (secondary N) is 2. The van der Waals surface area contributed by atoms with Crippen LogP contribution in [0.4, 0.5) is 0 Å². The standard InChI is InChI=1S/C48H72N4O8/c1-27(53)28-10-20-39-41(23-28)47(57)51(45(39)55)33-7-5-8-34(25-33)52-46(56)40-21-11-30(24-42(40)48(52)58)44(54)50-32-14-18-36(19-15-32)60-43-26-37(22-29-6-3-4-9-38(29)43)59-35-16-12-31(49-2)13-17-35/h28-43,49H,3-26H2,1-2H3,(H,50,54). The number of ether oxygens (including phenoxy) is 2. The normalized spacial score (nSPS) is 43.6. The topological polar surface area (TPSA) is 151 Å². The van der Waals surface area contributed by atoms with Crippen LogP contribution < -0.4 is 10.6 Å². The maximum absolute atomic E-state index is 14.1. The van der Waals surface area contributed by atoms with Gasteiger partial charge in [0.15, 0.2) is 0 Å².